The lowest BCUT2D eigenvalue weighted by Crippen LogP contribution is -2.50. The van der Waals surface area contributed by atoms with Crippen LogP contribution >= 0.6 is 0 Å². The molecule has 2 fully saturated rings. The maximum atomic E-state index is 14.3. The number of hydrogen-bond acceptors (Lipinski definition) is 7. The van der Waals surface area contributed by atoms with Crippen LogP contribution in [-0.2, 0) is 17.5 Å². The van der Waals surface area contributed by atoms with Crippen molar-refractivity contribution in [2.45, 2.75) is 43.9 Å². The van der Waals surface area contributed by atoms with Crippen LogP contribution in [0.2, 0.25) is 0 Å². The Morgan fingerprint density at radius 2 is 1.93 bits per heavy atom. The van der Waals surface area contributed by atoms with Gasteiger partial charge in [-0.25, -0.2) is 9.37 Å². The SMILES string of the molecule is COc1cnc(CNC(=O)[C@H]2CCN(C(=O)c3cc(-c4cc(OC)ncc4F)[nH]n3)C3(CC3)C2)c(C(F)(F)F)c1. The summed E-state index contributed by atoms with van der Waals surface area (Å²) in [5.41, 5.74) is -1.29. The molecule has 212 valence electrons. The van der Waals surface area contributed by atoms with Crippen LogP contribution in [0.15, 0.2) is 30.6 Å². The summed E-state index contributed by atoms with van der Waals surface area (Å²) in [5.74, 6) is -1.67. The van der Waals surface area contributed by atoms with E-state index in [9.17, 15) is 27.2 Å². The summed E-state index contributed by atoms with van der Waals surface area (Å²) < 4.78 is 64.7. The monoisotopic (exact) mass is 562 g/mol. The highest BCUT2D eigenvalue weighted by atomic mass is 19.4. The number of aromatic amines is 1. The fraction of sp³-hybridized carbons (Fsp3) is 0.423. The van der Waals surface area contributed by atoms with Crippen molar-refractivity contribution in [3.8, 4) is 22.9 Å². The summed E-state index contributed by atoms with van der Waals surface area (Å²) in [5, 5.41) is 9.35. The van der Waals surface area contributed by atoms with Gasteiger partial charge in [0.05, 0.1) is 50.1 Å². The fourth-order valence-corrected chi connectivity index (χ4v) is 5.08. The number of H-pyrrole nitrogens is 1. The fourth-order valence-electron chi connectivity index (χ4n) is 5.08. The molecule has 1 atom stereocenters. The van der Waals surface area contributed by atoms with Crippen LogP contribution in [0.4, 0.5) is 17.6 Å². The number of nitrogens with one attached hydrogen (secondary N) is 2. The van der Waals surface area contributed by atoms with E-state index >= 15 is 0 Å². The maximum absolute atomic E-state index is 14.3. The molecule has 3 aromatic rings. The van der Waals surface area contributed by atoms with Gasteiger partial charge in [-0.2, -0.15) is 18.3 Å². The summed E-state index contributed by atoms with van der Waals surface area (Å²) in [6.45, 7) is -0.124. The van der Waals surface area contributed by atoms with Crippen LogP contribution in [0.5, 0.6) is 11.6 Å². The number of carbonyl (C=O) groups excluding carboxylic acids is 2. The van der Waals surface area contributed by atoms with Gasteiger partial charge in [-0.15, -0.1) is 0 Å². The third-order valence-corrected chi connectivity index (χ3v) is 7.39. The van der Waals surface area contributed by atoms with Gasteiger partial charge in [0.1, 0.15) is 5.75 Å². The summed E-state index contributed by atoms with van der Waals surface area (Å²) in [6, 6.07) is 3.69. The molecule has 0 bridgehead atoms. The molecule has 1 saturated carbocycles. The molecule has 5 rings (SSSR count). The highest BCUT2D eigenvalue weighted by molar-refractivity contribution is 5.94. The summed E-state index contributed by atoms with van der Waals surface area (Å²) in [7, 11) is 2.65. The van der Waals surface area contributed by atoms with E-state index in [0.717, 1.165) is 12.3 Å². The first-order valence-electron chi connectivity index (χ1n) is 12.5. The molecular weight excluding hydrogens is 536 g/mol. The van der Waals surface area contributed by atoms with E-state index in [1.165, 1.54) is 32.5 Å². The highest BCUT2D eigenvalue weighted by Gasteiger charge is 2.54. The zero-order valence-electron chi connectivity index (χ0n) is 21.6. The number of rotatable bonds is 7. The van der Waals surface area contributed by atoms with Crippen molar-refractivity contribution < 1.29 is 36.6 Å². The smallest absolute Gasteiger partial charge is 0.418 e. The minimum absolute atomic E-state index is 0.0372. The molecule has 14 heteroatoms. The second-order valence-electron chi connectivity index (χ2n) is 9.83. The summed E-state index contributed by atoms with van der Waals surface area (Å²) in [4.78, 5) is 35.6. The van der Waals surface area contributed by atoms with Crippen molar-refractivity contribution in [3.63, 3.8) is 0 Å². The number of ether oxygens (including phenoxy) is 2. The minimum atomic E-state index is -4.66. The van der Waals surface area contributed by atoms with Gasteiger partial charge in [-0.1, -0.05) is 0 Å². The Morgan fingerprint density at radius 1 is 1.15 bits per heavy atom. The Morgan fingerprint density at radius 3 is 2.60 bits per heavy atom. The number of aromatic nitrogens is 4. The van der Waals surface area contributed by atoms with E-state index in [1.54, 1.807) is 4.90 Å². The number of nitrogens with zero attached hydrogens (tertiary/aromatic N) is 4. The molecule has 0 unspecified atom stereocenters. The molecule has 1 spiro atoms. The molecule has 40 heavy (non-hydrogen) atoms. The van der Waals surface area contributed by atoms with Crippen molar-refractivity contribution in [1.29, 1.82) is 0 Å². The molecule has 2 aliphatic rings. The van der Waals surface area contributed by atoms with Gasteiger partial charge in [0.25, 0.3) is 5.91 Å². The van der Waals surface area contributed by atoms with E-state index < -0.39 is 41.5 Å². The number of alkyl halides is 3. The number of amides is 2. The normalized spacial score (nSPS) is 17.9. The molecule has 2 amide bonds. The zero-order valence-corrected chi connectivity index (χ0v) is 21.6. The van der Waals surface area contributed by atoms with E-state index in [-0.39, 0.29) is 46.7 Å². The second kappa shape index (κ2) is 10.4. The summed E-state index contributed by atoms with van der Waals surface area (Å²) >= 11 is 0. The molecule has 1 saturated heterocycles. The number of methoxy groups -OCH3 is 2. The average molecular weight is 563 g/mol. The minimum Gasteiger partial charge on any atom is -0.495 e. The van der Waals surface area contributed by atoms with Gasteiger partial charge < -0.3 is 19.7 Å². The van der Waals surface area contributed by atoms with E-state index in [4.69, 9.17) is 9.47 Å². The molecule has 2 N–H and O–H groups in total. The molecular formula is C26H26F4N6O4. The molecule has 0 aromatic carbocycles. The lowest BCUT2D eigenvalue weighted by Gasteiger charge is -2.39. The van der Waals surface area contributed by atoms with Gasteiger partial charge >= 0.3 is 6.18 Å². The topological polar surface area (TPSA) is 122 Å². The molecule has 3 aromatic heterocycles. The van der Waals surface area contributed by atoms with Crippen molar-refractivity contribution in [2.24, 2.45) is 5.92 Å². The van der Waals surface area contributed by atoms with Crippen molar-refractivity contribution in [2.75, 3.05) is 20.8 Å². The Kier molecular flexibility index (Phi) is 7.10. The quantitative estimate of drug-likeness (QED) is 0.421. The van der Waals surface area contributed by atoms with Gasteiger partial charge in [-0.3, -0.25) is 19.7 Å². The molecule has 10 nitrogen and oxygen atoms in total. The van der Waals surface area contributed by atoms with Crippen LogP contribution in [-0.4, -0.2) is 63.2 Å². The van der Waals surface area contributed by atoms with Crippen LogP contribution in [0, 0.1) is 11.7 Å². The van der Waals surface area contributed by atoms with Gasteiger partial charge in [0, 0.05) is 29.6 Å². The maximum Gasteiger partial charge on any atom is 0.418 e. The second-order valence-corrected chi connectivity index (χ2v) is 9.83. The standard InChI is InChI=1S/C26H26F4N6O4/c1-39-15-7-17(26(28,29)30)21(31-11-15)13-33-23(37)14-3-6-36(25(10-14)4-5-25)24(38)20-9-19(34-35-20)16-8-22(40-2)32-12-18(16)27/h7-9,11-12,14H,3-6,10,13H2,1-2H3,(H,33,37)(H,34,35)/t14-/m0/s1. The van der Waals surface area contributed by atoms with Crippen LogP contribution in [0.3, 0.4) is 0 Å². The molecule has 1 aliphatic carbocycles. The first-order valence-corrected chi connectivity index (χ1v) is 12.5. The third kappa shape index (κ3) is 5.29. The van der Waals surface area contributed by atoms with Crippen molar-refractivity contribution in [1.82, 2.24) is 30.4 Å². The molecule has 0 radical (unpaired) electrons. The lowest BCUT2D eigenvalue weighted by atomic mass is 9.88. The Hall–Kier alpha value is -4.23. The zero-order chi connectivity index (χ0) is 28.7. The molecule has 4 heterocycles. The van der Waals surface area contributed by atoms with Crippen molar-refractivity contribution in [3.05, 3.63) is 53.4 Å². The largest absolute Gasteiger partial charge is 0.495 e. The number of halogens is 4. The number of carbonyl (C=O) groups is 2. The molecule has 1 aliphatic heterocycles. The number of pyridine rings is 2. The van der Waals surface area contributed by atoms with E-state index in [1.807, 2.05) is 0 Å². The highest BCUT2D eigenvalue weighted by Crippen LogP contribution is 2.50. The number of likely N-dealkylation sites (tertiary alicyclic amines) is 1. The first kappa shape index (κ1) is 27.3. The first-order chi connectivity index (χ1) is 19.0. The van der Waals surface area contributed by atoms with Crippen LogP contribution < -0.4 is 14.8 Å². The van der Waals surface area contributed by atoms with Crippen LogP contribution in [0.1, 0.15) is 47.4 Å². The van der Waals surface area contributed by atoms with Gasteiger partial charge in [0.2, 0.25) is 11.8 Å². The average Bonchev–Trinajstić information content (AvgIpc) is 3.51. The Bertz CT molecular complexity index is 1440. The third-order valence-electron chi connectivity index (χ3n) is 7.39. The van der Waals surface area contributed by atoms with E-state index in [0.29, 0.717) is 25.7 Å². The Balaban J connectivity index is 1.24. The Labute approximate surface area is 226 Å². The lowest BCUT2D eigenvalue weighted by molar-refractivity contribution is -0.139. The number of hydrogen-bond donors (Lipinski definition) is 2. The van der Waals surface area contributed by atoms with E-state index in [2.05, 4.69) is 25.5 Å². The predicted molar refractivity (Wildman–Crippen MR) is 132 cm³/mol. The van der Waals surface area contributed by atoms with Gasteiger partial charge in [0.15, 0.2) is 11.5 Å². The van der Waals surface area contributed by atoms with Crippen molar-refractivity contribution >= 4 is 11.8 Å². The summed E-state index contributed by atoms with van der Waals surface area (Å²) in [6.07, 6.45) is -0.398. The number of piperidine rings is 1. The van der Waals surface area contributed by atoms with Crippen LogP contribution in [0.25, 0.3) is 11.3 Å². The van der Waals surface area contributed by atoms with Gasteiger partial charge in [-0.05, 0) is 37.8 Å². The predicted octanol–water partition coefficient (Wildman–Crippen LogP) is 3.74.